The zero-order valence-electron chi connectivity index (χ0n) is 18.2. The van der Waals surface area contributed by atoms with E-state index in [4.69, 9.17) is 5.73 Å². The van der Waals surface area contributed by atoms with Gasteiger partial charge < -0.3 is 10.3 Å². The topological polar surface area (TPSA) is 132 Å². The van der Waals surface area contributed by atoms with Gasteiger partial charge in [0.2, 0.25) is 0 Å². The van der Waals surface area contributed by atoms with E-state index in [1.165, 1.54) is 6.07 Å². The molecule has 0 aliphatic heterocycles. The van der Waals surface area contributed by atoms with Crippen molar-refractivity contribution < 1.29 is 42.5 Å². The van der Waals surface area contributed by atoms with Crippen LogP contribution in [0.1, 0.15) is 11.1 Å². The van der Waals surface area contributed by atoms with Gasteiger partial charge in [0.1, 0.15) is 15.8 Å². The van der Waals surface area contributed by atoms with Gasteiger partial charge in [0.25, 0.3) is 0 Å². The van der Waals surface area contributed by atoms with Crippen molar-refractivity contribution in [1.29, 1.82) is 5.26 Å². The average Bonchev–Trinajstić information content (AvgIpc) is 2.83. The maximum absolute atomic E-state index is 11.7. The van der Waals surface area contributed by atoms with Crippen LogP contribution in [0.2, 0.25) is 0 Å². The van der Waals surface area contributed by atoms with E-state index in [1.807, 2.05) is 30.3 Å². The molecule has 0 radical (unpaired) electrons. The van der Waals surface area contributed by atoms with Crippen molar-refractivity contribution >= 4 is 49.6 Å². The van der Waals surface area contributed by atoms with E-state index in [1.54, 1.807) is 48.5 Å². The fourth-order valence-corrected chi connectivity index (χ4v) is 4.06. The number of fused-ring (bicyclic) bond motifs is 1. The van der Waals surface area contributed by atoms with Gasteiger partial charge in [0.15, 0.2) is 0 Å². The maximum Gasteiger partial charge on any atom is 1.00 e. The number of hydrogen-bond donors (Lipinski definition) is 1. The van der Waals surface area contributed by atoms with Gasteiger partial charge in [-0.2, -0.15) is 10.4 Å². The Labute approximate surface area is 219 Å². The predicted molar refractivity (Wildman–Crippen MR) is 127 cm³/mol. The van der Waals surface area contributed by atoms with Crippen LogP contribution >= 0.6 is 0 Å². The van der Waals surface area contributed by atoms with Crippen molar-refractivity contribution in [3.8, 4) is 6.07 Å². The fourth-order valence-electron chi connectivity index (χ4n) is 3.35. The Morgan fingerprint density at radius 2 is 1.53 bits per heavy atom. The van der Waals surface area contributed by atoms with Crippen LogP contribution < -0.4 is 35.3 Å². The van der Waals surface area contributed by atoms with Gasteiger partial charge in [-0.15, -0.1) is 5.11 Å². The quantitative estimate of drug-likeness (QED) is 0.118. The van der Waals surface area contributed by atoms with E-state index in [9.17, 15) is 18.2 Å². The van der Waals surface area contributed by atoms with Gasteiger partial charge in [-0.05, 0) is 35.4 Å². The SMILES string of the molecule is N#C/C(=C\c1ccc(N=Nc2cc(S(=O)(=O)[O-])c3ccccc3c2N)cc1)c1ccccc1.[Na+]. The van der Waals surface area contributed by atoms with Crippen LogP contribution in [0.25, 0.3) is 22.4 Å². The molecular weight excluding hydrogens is 459 g/mol. The summed E-state index contributed by atoms with van der Waals surface area (Å²) in [4.78, 5) is -0.397. The summed E-state index contributed by atoms with van der Waals surface area (Å²) >= 11 is 0. The summed E-state index contributed by atoms with van der Waals surface area (Å²) in [6.45, 7) is 0. The number of anilines is 1. The first-order chi connectivity index (χ1) is 15.9. The van der Waals surface area contributed by atoms with Crippen LogP contribution in [0.15, 0.2) is 100 Å². The first kappa shape index (κ1) is 25.3. The number of nitrogen functional groups attached to an aromatic ring is 1. The minimum atomic E-state index is -4.73. The smallest absolute Gasteiger partial charge is 0.744 e. The number of rotatable bonds is 5. The minimum absolute atomic E-state index is 0. The summed E-state index contributed by atoms with van der Waals surface area (Å²) in [6, 6.07) is 26.1. The third kappa shape index (κ3) is 5.59. The fraction of sp³-hybridized carbons (Fsp3) is 0. The molecular formula is C25H17N4NaO3S. The molecule has 0 aromatic heterocycles. The number of benzene rings is 4. The Hall–Kier alpha value is -3.32. The first-order valence-electron chi connectivity index (χ1n) is 9.83. The zero-order valence-corrected chi connectivity index (χ0v) is 21.0. The molecule has 0 fully saturated rings. The second-order valence-corrected chi connectivity index (χ2v) is 8.48. The number of allylic oxidation sites excluding steroid dienone is 1. The number of hydrogen-bond acceptors (Lipinski definition) is 7. The normalized spacial score (nSPS) is 11.8. The Kier molecular flexibility index (Phi) is 7.99. The molecule has 7 nitrogen and oxygen atoms in total. The Morgan fingerprint density at radius 3 is 2.15 bits per heavy atom. The summed E-state index contributed by atoms with van der Waals surface area (Å²) in [5.41, 5.74) is 9.11. The molecule has 4 aromatic carbocycles. The van der Waals surface area contributed by atoms with Crippen LogP contribution in [0, 0.1) is 11.3 Å². The van der Waals surface area contributed by atoms with Crippen molar-refractivity contribution in [2.24, 2.45) is 10.2 Å². The van der Waals surface area contributed by atoms with Crippen molar-refractivity contribution in [3.63, 3.8) is 0 Å². The van der Waals surface area contributed by atoms with Crippen molar-refractivity contribution in [1.82, 2.24) is 0 Å². The Bertz CT molecular complexity index is 1540. The molecule has 0 bridgehead atoms. The van der Waals surface area contributed by atoms with Crippen LogP contribution in [0.5, 0.6) is 0 Å². The van der Waals surface area contributed by atoms with E-state index in [0.717, 1.165) is 17.2 Å². The first-order valence-corrected chi connectivity index (χ1v) is 11.2. The molecule has 4 rings (SSSR count). The van der Waals surface area contributed by atoms with Gasteiger partial charge in [-0.25, -0.2) is 8.42 Å². The number of nitrogens with two attached hydrogens (primary N) is 1. The van der Waals surface area contributed by atoms with E-state index < -0.39 is 15.0 Å². The standard InChI is InChI=1S/C25H18N4O3S.Na/c26-16-19(18-6-2-1-3-7-18)14-17-10-12-20(13-11-17)28-29-23-15-24(33(30,31)32)21-8-4-5-9-22(21)25(23)27;/h1-15H,27H2,(H,30,31,32);/q;+1/p-1/b19-14+,29-28?;. The van der Waals surface area contributed by atoms with Gasteiger partial charge in [0.05, 0.1) is 27.9 Å². The molecule has 0 heterocycles. The van der Waals surface area contributed by atoms with Gasteiger partial charge in [-0.3, -0.25) is 0 Å². The monoisotopic (exact) mass is 476 g/mol. The average molecular weight is 476 g/mol. The molecule has 0 unspecified atom stereocenters. The van der Waals surface area contributed by atoms with Crippen LogP contribution in [0.3, 0.4) is 0 Å². The van der Waals surface area contributed by atoms with E-state index in [2.05, 4.69) is 16.3 Å². The second-order valence-electron chi connectivity index (χ2n) is 7.13. The minimum Gasteiger partial charge on any atom is -0.744 e. The maximum atomic E-state index is 11.7. The molecule has 0 saturated heterocycles. The van der Waals surface area contributed by atoms with Crippen molar-refractivity contribution in [2.75, 3.05) is 5.73 Å². The summed E-state index contributed by atoms with van der Waals surface area (Å²) in [5, 5.41) is 18.3. The van der Waals surface area contributed by atoms with Crippen LogP contribution in [-0.4, -0.2) is 13.0 Å². The second kappa shape index (κ2) is 10.7. The Morgan fingerprint density at radius 1 is 0.912 bits per heavy atom. The molecule has 0 spiro atoms. The van der Waals surface area contributed by atoms with Crippen molar-refractivity contribution in [2.45, 2.75) is 4.90 Å². The van der Waals surface area contributed by atoms with Gasteiger partial charge >= 0.3 is 29.6 Å². The zero-order chi connectivity index (χ0) is 23.4. The molecule has 34 heavy (non-hydrogen) atoms. The third-order valence-corrected chi connectivity index (χ3v) is 5.85. The molecule has 9 heteroatoms. The molecule has 0 amide bonds. The third-order valence-electron chi connectivity index (χ3n) is 4.98. The number of nitriles is 1. The largest absolute Gasteiger partial charge is 1.00 e. The number of nitrogens with zero attached hydrogens (tertiary/aromatic N) is 3. The molecule has 2 N–H and O–H groups in total. The predicted octanol–water partition coefficient (Wildman–Crippen LogP) is 2.81. The molecule has 0 saturated carbocycles. The van der Waals surface area contributed by atoms with E-state index in [0.29, 0.717) is 16.6 Å². The summed E-state index contributed by atoms with van der Waals surface area (Å²) < 4.78 is 35.2. The Balaban J connectivity index is 0.00000324. The molecule has 162 valence electrons. The molecule has 0 aliphatic rings. The van der Waals surface area contributed by atoms with Gasteiger partial charge in [0, 0.05) is 10.8 Å². The van der Waals surface area contributed by atoms with Crippen LogP contribution in [-0.2, 0) is 10.1 Å². The van der Waals surface area contributed by atoms with Crippen LogP contribution in [0.4, 0.5) is 17.1 Å². The van der Waals surface area contributed by atoms with E-state index >= 15 is 0 Å². The van der Waals surface area contributed by atoms with E-state index in [-0.39, 0.29) is 46.3 Å². The summed E-state index contributed by atoms with van der Waals surface area (Å²) in [5.74, 6) is 0. The number of azo groups is 1. The molecule has 4 aromatic rings. The van der Waals surface area contributed by atoms with Crippen molar-refractivity contribution in [3.05, 3.63) is 96.1 Å². The molecule has 0 aliphatic carbocycles. The molecule has 0 atom stereocenters. The van der Waals surface area contributed by atoms with Gasteiger partial charge in [-0.1, -0.05) is 66.7 Å². The summed E-state index contributed by atoms with van der Waals surface area (Å²) in [7, 11) is -4.73. The summed E-state index contributed by atoms with van der Waals surface area (Å²) in [6.07, 6.45) is 1.77.